The summed E-state index contributed by atoms with van der Waals surface area (Å²) < 4.78 is 5.84. The third-order valence-electron chi connectivity index (χ3n) is 5.60. The number of H-pyrrole nitrogens is 1. The van der Waals surface area contributed by atoms with Crippen LogP contribution >= 0.6 is 23.2 Å². The molecule has 0 unspecified atom stereocenters. The summed E-state index contributed by atoms with van der Waals surface area (Å²) in [7, 11) is 0. The van der Waals surface area contributed by atoms with Crippen LogP contribution < -0.4 is 4.74 Å². The molecule has 4 rings (SSSR count). The molecule has 162 valence electrons. The number of benzene rings is 2. The molecular formula is C24H25Cl2N3O2. The van der Waals surface area contributed by atoms with Gasteiger partial charge >= 0.3 is 0 Å². The van der Waals surface area contributed by atoms with E-state index in [0.717, 1.165) is 50.8 Å². The average Bonchev–Trinajstić information content (AvgIpc) is 3.18. The summed E-state index contributed by atoms with van der Waals surface area (Å²) in [5, 5.41) is 9.05. The molecule has 0 radical (unpaired) electrons. The summed E-state index contributed by atoms with van der Waals surface area (Å²) >= 11 is 12.3. The molecule has 3 aromatic rings. The zero-order chi connectivity index (χ0) is 22.0. The maximum absolute atomic E-state index is 12.8. The minimum Gasteiger partial charge on any atom is -0.494 e. The molecule has 0 saturated carbocycles. The van der Waals surface area contributed by atoms with Crippen molar-refractivity contribution in [1.29, 1.82) is 0 Å². The van der Waals surface area contributed by atoms with E-state index in [1.54, 1.807) is 0 Å². The number of carbonyl (C=O) groups excluding carboxylic acids is 1. The molecule has 1 aliphatic rings. The maximum atomic E-state index is 12.8. The molecule has 2 heterocycles. The topological polar surface area (TPSA) is 58.2 Å². The fourth-order valence-corrected chi connectivity index (χ4v) is 4.24. The lowest BCUT2D eigenvalue weighted by Gasteiger charge is -2.27. The Labute approximate surface area is 192 Å². The largest absolute Gasteiger partial charge is 0.494 e. The van der Waals surface area contributed by atoms with Crippen molar-refractivity contribution >= 4 is 29.1 Å². The normalized spacial score (nSPS) is 13.2. The summed E-state index contributed by atoms with van der Waals surface area (Å²) in [5.41, 5.74) is 5.98. The van der Waals surface area contributed by atoms with Gasteiger partial charge in [-0.25, -0.2) is 0 Å². The van der Waals surface area contributed by atoms with Crippen molar-refractivity contribution in [3.63, 3.8) is 0 Å². The van der Waals surface area contributed by atoms with Gasteiger partial charge in [0.25, 0.3) is 0 Å². The van der Waals surface area contributed by atoms with Crippen molar-refractivity contribution in [3.05, 3.63) is 68.8 Å². The highest BCUT2D eigenvalue weighted by Crippen LogP contribution is 2.30. The van der Waals surface area contributed by atoms with Crippen LogP contribution in [0, 0.1) is 13.8 Å². The minimum absolute atomic E-state index is 0.135. The Bertz CT molecular complexity index is 1090. The molecule has 1 aliphatic heterocycles. The van der Waals surface area contributed by atoms with Gasteiger partial charge in [0.05, 0.1) is 12.3 Å². The van der Waals surface area contributed by atoms with Crippen molar-refractivity contribution in [2.45, 2.75) is 39.7 Å². The van der Waals surface area contributed by atoms with Crippen molar-refractivity contribution in [2.75, 3.05) is 13.2 Å². The Morgan fingerprint density at radius 1 is 1.19 bits per heavy atom. The Hall–Kier alpha value is -2.50. The smallest absolute Gasteiger partial charge is 0.223 e. The van der Waals surface area contributed by atoms with Crippen LogP contribution in [0.15, 0.2) is 36.4 Å². The number of nitrogens with one attached hydrogen (secondary N) is 1. The van der Waals surface area contributed by atoms with Gasteiger partial charge in [-0.3, -0.25) is 9.89 Å². The van der Waals surface area contributed by atoms with E-state index in [1.807, 2.05) is 55.1 Å². The van der Waals surface area contributed by atoms with Crippen LogP contribution in [-0.2, 0) is 17.8 Å². The average molecular weight is 458 g/mol. The molecule has 0 saturated heterocycles. The number of aromatic amines is 1. The lowest BCUT2D eigenvalue weighted by Crippen LogP contribution is -2.36. The molecule has 5 nitrogen and oxygen atoms in total. The fourth-order valence-electron chi connectivity index (χ4n) is 3.94. The number of carbonyl (C=O) groups is 1. The first-order valence-corrected chi connectivity index (χ1v) is 11.2. The van der Waals surface area contributed by atoms with Gasteiger partial charge in [0.1, 0.15) is 5.75 Å². The molecular weight excluding hydrogens is 433 g/mol. The first-order chi connectivity index (χ1) is 14.9. The van der Waals surface area contributed by atoms with Crippen LogP contribution in [0.25, 0.3) is 11.3 Å². The molecule has 0 spiro atoms. The Morgan fingerprint density at radius 3 is 2.71 bits per heavy atom. The summed E-state index contributed by atoms with van der Waals surface area (Å²) in [6, 6.07) is 11.5. The lowest BCUT2D eigenvalue weighted by atomic mass is 10.0. The highest BCUT2D eigenvalue weighted by atomic mass is 35.5. The fraction of sp³-hybridized carbons (Fsp3) is 0.333. The highest BCUT2D eigenvalue weighted by Gasteiger charge is 2.25. The predicted octanol–water partition coefficient (Wildman–Crippen LogP) is 5.74. The molecule has 0 fully saturated rings. The minimum atomic E-state index is 0.135. The zero-order valence-corrected chi connectivity index (χ0v) is 19.2. The van der Waals surface area contributed by atoms with Crippen LogP contribution in [0.2, 0.25) is 10.0 Å². The van der Waals surface area contributed by atoms with E-state index in [4.69, 9.17) is 27.9 Å². The van der Waals surface area contributed by atoms with E-state index < -0.39 is 0 Å². The van der Waals surface area contributed by atoms with Gasteiger partial charge in [0, 0.05) is 52.8 Å². The van der Waals surface area contributed by atoms with E-state index in [9.17, 15) is 4.79 Å². The van der Waals surface area contributed by atoms with Gasteiger partial charge in [0.15, 0.2) is 0 Å². The molecule has 7 heteroatoms. The van der Waals surface area contributed by atoms with Crippen LogP contribution in [-0.4, -0.2) is 34.2 Å². The molecule has 2 aromatic carbocycles. The van der Waals surface area contributed by atoms with Crippen molar-refractivity contribution < 1.29 is 9.53 Å². The van der Waals surface area contributed by atoms with Crippen LogP contribution in [0.4, 0.5) is 0 Å². The summed E-state index contributed by atoms with van der Waals surface area (Å²) in [5.74, 6) is 0.926. The van der Waals surface area contributed by atoms with E-state index in [1.165, 1.54) is 0 Å². The maximum Gasteiger partial charge on any atom is 0.223 e. The monoisotopic (exact) mass is 457 g/mol. The van der Waals surface area contributed by atoms with E-state index >= 15 is 0 Å². The molecule has 1 aromatic heterocycles. The van der Waals surface area contributed by atoms with Gasteiger partial charge in [0.2, 0.25) is 5.91 Å². The van der Waals surface area contributed by atoms with Gasteiger partial charge in [-0.15, -0.1) is 0 Å². The van der Waals surface area contributed by atoms with E-state index in [0.29, 0.717) is 37.6 Å². The first kappa shape index (κ1) is 21.7. The van der Waals surface area contributed by atoms with Gasteiger partial charge in [-0.2, -0.15) is 5.10 Å². The first-order valence-electron chi connectivity index (χ1n) is 10.4. The van der Waals surface area contributed by atoms with Crippen molar-refractivity contribution in [1.82, 2.24) is 15.1 Å². The van der Waals surface area contributed by atoms with Gasteiger partial charge < -0.3 is 9.64 Å². The second-order valence-electron chi connectivity index (χ2n) is 7.93. The number of halogens is 2. The number of rotatable bonds is 6. The summed E-state index contributed by atoms with van der Waals surface area (Å²) in [6.07, 6.45) is 1.88. The molecule has 31 heavy (non-hydrogen) atoms. The Balaban J connectivity index is 1.34. The number of aromatic nitrogens is 2. The predicted molar refractivity (Wildman–Crippen MR) is 124 cm³/mol. The second-order valence-corrected chi connectivity index (χ2v) is 8.74. The molecule has 1 amide bonds. The van der Waals surface area contributed by atoms with Crippen LogP contribution in [0.3, 0.4) is 0 Å². The lowest BCUT2D eigenvalue weighted by molar-refractivity contribution is -0.132. The standard InChI is InChI=1S/C24H25Cl2N3O2/c1-15-11-19(12-16(2)23(15)26)31-10-4-7-22(30)29-9-8-21-20(14-29)24(28-27-21)17-5-3-6-18(25)13-17/h3,5-6,11-13H,4,7-10,14H2,1-2H3,(H,27,28). The zero-order valence-electron chi connectivity index (χ0n) is 17.7. The van der Waals surface area contributed by atoms with Gasteiger partial charge in [-0.05, 0) is 55.7 Å². The number of fused-ring (bicyclic) bond motifs is 1. The Kier molecular flexibility index (Phi) is 6.54. The van der Waals surface area contributed by atoms with Crippen LogP contribution in [0.1, 0.15) is 35.2 Å². The summed E-state index contributed by atoms with van der Waals surface area (Å²) in [6.45, 7) is 5.67. The molecule has 0 atom stereocenters. The van der Waals surface area contributed by atoms with E-state index in [2.05, 4.69) is 10.2 Å². The Morgan fingerprint density at radius 2 is 1.97 bits per heavy atom. The number of nitrogens with zero attached hydrogens (tertiary/aromatic N) is 2. The number of hydrogen-bond acceptors (Lipinski definition) is 3. The van der Waals surface area contributed by atoms with Crippen molar-refractivity contribution in [2.24, 2.45) is 0 Å². The third kappa shape index (κ3) is 4.89. The van der Waals surface area contributed by atoms with E-state index in [-0.39, 0.29) is 5.91 Å². The molecule has 1 N–H and O–H groups in total. The quantitative estimate of drug-likeness (QED) is 0.479. The number of amides is 1. The van der Waals surface area contributed by atoms with Crippen LogP contribution in [0.5, 0.6) is 5.75 Å². The SMILES string of the molecule is Cc1cc(OCCCC(=O)N2CCc3[nH]nc(-c4cccc(Cl)c4)c3C2)cc(C)c1Cl. The number of aryl methyl sites for hydroxylation is 2. The third-order valence-corrected chi connectivity index (χ3v) is 6.43. The second kappa shape index (κ2) is 9.33. The highest BCUT2D eigenvalue weighted by molar-refractivity contribution is 6.32. The molecule has 0 aliphatic carbocycles. The molecule has 0 bridgehead atoms. The number of hydrogen-bond donors (Lipinski definition) is 1. The van der Waals surface area contributed by atoms with Gasteiger partial charge in [-0.1, -0.05) is 35.3 Å². The van der Waals surface area contributed by atoms with Crippen molar-refractivity contribution in [3.8, 4) is 17.0 Å². The summed E-state index contributed by atoms with van der Waals surface area (Å²) in [4.78, 5) is 14.7. The number of ether oxygens (including phenoxy) is 1.